The van der Waals surface area contributed by atoms with Crippen LogP contribution in [0.2, 0.25) is 0 Å². The Morgan fingerprint density at radius 3 is 0.786 bits per heavy atom. The molecule has 4 heteroatoms. The van der Waals surface area contributed by atoms with Crippen molar-refractivity contribution >= 4 is 35.5 Å². The van der Waals surface area contributed by atoms with Crippen LogP contribution in [0.1, 0.15) is 11.1 Å². The SMILES string of the molecule is O=P(Cc1ccc(-c2ccc(CP(=O)(c3ccccc3)c3ccccc3)cc2)cc1)(c1ccccc1)c1ccccc1. The van der Waals surface area contributed by atoms with Crippen LogP contribution in [0.5, 0.6) is 0 Å². The molecule has 0 radical (unpaired) electrons. The molecule has 0 aliphatic rings. The zero-order chi connectivity index (χ0) is 28.8. The third-order valence-corrected chi connectivity index (χ3v) is 13.9. The lowest BCUT2D eigenvalue weighted by Crippen LogP contribution is -2.17. The normalized spacial score (nSPS) is 11.7. The molecule has 0 unspecified atom stereocenters. The predicted octanol–water partition coefficient (Wildman–Crippen LogP) is 8.38. The van der Waals surface area contributed by atoms with E-state index in [9.17, 15) is 9.13 Å². The average molecular weight is 583 g/mol. The molecule has 0 bridgehead atoms. The van der Waals surface area contributed by atoms with Crippen LogP contribution in [0.4, 0.5) is 0 Å². The monoisotopic (exact) mass is 582 g/mol. The van der Waals surface area contributed by atoms with Gasteiger partial charge in [-0.2, -0.15) is 0 Å². The largest absolute Gasteiger partial charge is 0.313 e. The first-order valence-electron chi connectivity index (χ1n) is 14.1. The minimum atomic E-state index is -2.84. The maximum Gasteiger partial charge on any atom is 0.147 e. The second kappa shape index (κ2) is 12.3. The molecule has 0 aliphatic heterocycles. The molecule has 0 aromatic heterocycles. The van der Waals surface area contributed by atoms with E-state index in [0.717, 1.165) is 43.5 Å². The number of hydrogen-bond acceptors (Lipinski definition) is 2. The van der Waals surface area contributed by atoms with Crippen LogP contribution in [-0.2, 0) is 21.5 Å². The molecule has 0 amide bonds. The maximum absolute atomic E-state index is 14.5. The maximum atomic E-state index is 14.5. The van der Waals surface area contributed by atoms with Crippen molar-refractivity contribution in [1.29, 1.82) is 0 Å². The van der Waals surface area contributed by atoms with Crippen LogP contribution in [-0.4, -0.2) is 0 Å². The first-order chi connectivity index (χ1) is 20.5. The highest BCUT2D eigenvalue weighted by atomic mass is 31.2. The fourth-order valence-corrected chi connectivity index (χ4v) is 10.8. The van der Waals surface area contributed by atoms with E-state index < -0.39 is 14.3 Å². The van der Waals surface area contributed by atoms with Crippen molar-refractivity contribution in [2.75, 3.05) is 0 Å². The lowest BCUT2D eigenvalue weighted by molar-refractivity contribution is 0.585. The van der Waals surface area contributed by atoms with E-state index in [-0.39, 0.29) is 0 Å². The number of rotatable bonds is 9. The third-order valence-electron chi connectivity index (χ3n) is 7.74. The van der Waals surface area contributed by atoms with Gasteiger partial charge in [-0.3, -0.25) is 0 Å². The Balaban J connectivity index is 1.24. The molecule has 42 heavy (non-hydrogen) atoms. The van der Waals surface area contributed by atoms with Crippen LogP contribution < -0.4 is 21.2 Å². The van der Waals surface area contributed by atoms with Gasteiger partial charge in [0.15, 0.2) is 0 Å². The summed E-state index contributed by atoms with van der Waals surface area (Å²) in [5, 5.41) is 3.50. The lowest BCUT2D eigenvalue weighted by atomic mass is 10.0. The van der Waals surface area contributed by atoms with E-state index in [1.807, 2.05) is 121 Å². The van der Waals surface area contributed by atoms with E-state index in [2.05, 4.69) is 48.5 Å². The summed E-state index contributed by atoms with van der Waals surface area (Å²) in [6.07, 6.45) is 0.934. The molecule has 0 N–H and O–H groups in total. The Kier molecular flexibility index (Phi) is 8.20. The van der Waals surface area contributed by atoms with Gasteiger partial charge in [0, 0.05) is 33.5 Å². The van der Waals surface area contributed by atoms with Crippen LogP contribution in [0.15, 0.2) is 170 Å². The van der Waals surface area contributed by atoms with Crippen molar-refractivity contribution in [2.24, 2.45) is 0 Å². The standard InChI is InChI=1S/C38H32O2P2/c39-41(35-13-5-1-6-14-35,36-15-7-2-8-16-36)29-31-21-25-33(26-22-31)34-27-23-32(24-28-34)30-42(40,37-17-9-3-10-18-37)38-19-11-4-12-20-38/h1-28H,29-30H2. The second-order valence-corrected chi connectivity index (χ2v) is 16.2. The second-order valence-electron chi connectivity index (χ2n) is 10.5. The Morgan fingerprint density at radius 1 is 0.310 bits per heavy atom. The summed E-state index contributed by atoms with van der Waals surface area (Å²) in [6, 6.07) is 56.0. The van der Waals surface area contributed by atoms with Gasteiger partial charge in [0.25, 0.3) is 0 Å². The van der Waals surface area contributed by atoms with Gasteiger partial charge in [0.2, 0.25) is 0 Å². The molecule has 206 valence electrons. The van der Waals surface area contributed by atoms with Gasteiger partial charge in [-0.25, -0.2) is 0 Å². The summed E-state index contributed by atoms with van der Waals surface area (Å²) in [5.74, 6) is 0. The minimum absolute atomic E-state index is 0.467. The fourth-order valence-electron chi connectivity index (χ4n) is 5.46. The van der Waals surface area contributed by atoms with E-state index in [0.29, 0.717) is 12.3 Å². The first-order valence-corrected chi connectivity index (χ1v) is 17.9. The fraction of sp³-hybridized carbons (Fsp3) is 0.0526. The Labute approximate surface area is 248 Å². The van der Waals surface area contributed by atoms with Crippen molar-refractivity contribution < 1.29 is 9.13 Å². The third kappa shape index (κ3) is 5.88. The van der Waals surface area contributed by atoms with Gasteiger partial charge in [-0.05, 0) is 22.3 Å². The van der Waals surface area contributed by atoms with Crippen molar-refractivity contribution in [2.45, 2.75) is 12.3 Å². The summed E-state index contributed by atoms with van der Waals surface area (Å²) in [4.78, 5) is 0. The molecule has 0 atom stereocenters. The molecule has 0 saturated carbocycles. The summed E-state index contributed by atoms with van der Waals surface area (Å²) < 4.78 is 28.9. The molecular weight excluding hydrogens is 550 g/mol. The number of hydrogen-bond donors (Lipinski definition) is 0. The topological polar surface area (TPSA) is 34.1 Å². The molecule has 0 saturated heterocycles. The zero-order valence-electron chi connectivity index (χ0n) is 23.3. The molecule has 6 aromatic carbocycles. The van der Waals surface area contributed by atoms with Crippen LogP contribution in [0, 0.1) is 0 Å². The van der Waals surface area contributed by atoms with Gasteiger partial charge < -0.3 is 9.13 Å². The van der Waals surface area contributed by atoms with Gasteiger partial charge in [0.1, 0.15) is 14.3 Å². The average Bonchev–Trinajstić information content (AvgIpc) is 3.07. The van der Waals surface area contributed by atoms with Crippen molar-refractivity contribution in [3.8, 4) is 11.1 Å². The smallest absolute Gasteiger partial charge is 0.147 e. The molecular formula is C38H32O2P2. The van der Waals surface area contributed by atoms with Gasteiger partial charge in [0.05, 0.1) is 0 Å². The van der Waals surface area contributed by atoms with E-state index >= 15 is 0 Å². The van der Waals surface area contributed by atoms with Gasteiger partial charge in [-0.1, -0.05) is 170 Å². The van der Waals surface area contributed by atoms with Crippen LogP contribution >= 0.6 is 14.3 Å². The molecule has 0 aliphatic carbocycles. The highest BCUT2D eigenvalue weighted by Crippen LogP contribution is 2.48. The van der Waals surface area contributed by atoms with E-state index in [4.69, 9.17) is 0 Å². The highest BCUT2D eigenvalue weighted by molar-refractivity contribution is 7.78. The molecule has 0 spiro atoms. The van der Waals surface area contributed by atoms with Crippen molar-refractivity contribution in [3.05, 3.63) is 181 Å². The Hall–Kier alpha value is -4.22. The minimum Gasteiger partial charge on any atom is -0.313 e. The van der Waals surface area contributed by atoms with E-state index in [1.165, 1.54) is 0 Å². The van der Waals surface area contributed by atoms with E-state index in [1.54, 1.807) is 0 Å². The predicted molar refractivity (Wildman–Crippen MR) is 179 cm³/mol. The van der Waals surface area contributed by atoms with Crippen molar-refractivity contribution in [1.82, 2.24) is 0 Å². The molecule has 0 fully saturated rings. The first kappa shape index (κ1) is 27.9. The van der Waals surface area contributed by atoms with Crippen LogP contribution in [0.25, 0.3) is 11.1 Å². The summed E-state index contributed by atoms with van der Waals surface area (Å²) in [7, 11) is -5.67. The zero-order valence-corrected chi connectivity index (χ0v) is 25.1. The van der Waals surface area contributed by atoms with Gasteiger partial charge in [-0.15, -0.1) is 0 Å². The molecule has 2 nitrogen and oxygen atoms in total. The number of benzene rings is 6. The Morgan fingerprint density at radius 2 is 0.548 bits per heavy atom. The van der Waals surface area contributed by atoms with Gasteiger partial charge >= 0.3 is 0 Å². The van der Waals surface area contributed by atoms with Crippen LogP contribution in [0.3, 0.4) is 0 Å². The Bertz CT molecular complexity index is 1610. The molecule has 6 aromatic rings. The lowest BCUT2D eigenvalue weighted by Gasteiger charge is -2.20. The summed E-state index contributed by atoms with van der Waals surface area (Å²) in [5.41, 5.74) is 4.26. The summed E-state index contributed by atoms with van der Waals surface area (Å²) in [6.45, 7) is 0. The summed E-state index contributed by atoms with van der Waals surface area (Å²) >= 11 is 0. The highest BCUT2D eigenvalue weighted by Gasteiger charge is 2.28. The molecule has 0 heterocycles. The quantitative estimate of drug-likeness (QED) is 0.161. The molecule has 6 rings (SSSR count). The van der Waals surface area contributed by atoms with Crippen molar-refractivity contribution in [3.63, 3.8) is 0 Å².